The van der Waals surface area contributed by atoms with E-state index in [4.69, 9.17) is 0 Å². The first-order chi connectivity index (χ1) is 18.4. The van der Waals surface area contributed by atoms with Crippen molar-refractivity contribution in [3.63, 3.8) is 0 Å². The maximum Gasteiger partial charge on any atom is 0.243 e. The molecular weight excluding hydrogens is 484 g/mol. The lowest BCUT2D eigenvalue weighted by molar-refractivity contribution is -0.132. The summed E-state index contributed by atoms with van der Waals surface area (Å²) in [6.45, 7) is 1.69. The lowest BCUT2D eigenvalue weighted by atomic mass is 9.96. The van der Waals surface area contributed by atoms with Gasteiger partial charge < -0.3 is 37.0 Å². The Morgan fingerprint density at radius 1 is 0.921 bits per heavy atom. The molecule has 1 aliphatic rings. The molecule has 206 valence electrons. The SMILES string of the molecule is CNCCC[C@@H]1NC(=O)[C@@H](NC)Cc2cc(ccc2O)-c2cccc(c2)C[C@@H](C(=O)NCCNC)NC1=O. The van der Waals surface area contributed by atoms with Gasteiger partial charge in [0.15, 0.2) is 0 Å². The molecule has 3 atom stereocenters. The predicted octanol–water partition coefficient (Wildman–Crippen LogP) is 0.0506. The number of rotatable bonds is 9. The van der Waals surface area contributed by atoms with Gasteiger partial charge in [-0.2, -0.15) is 0 Å². The van der Waals surface area contributed by atoms with Crippen molar-refractivity contribution in [2.75, 3.05) is 40.8 Å². The standard InChI is InChI=1S/C28H40N6O4/c1-29-11-5-8-22-27(37)34-24(26(36)32-13-12-30-2)15-18-6-4-7-19(14-18)20-9-10-25(35)21(16-20)17-23(31-3)28(38)33-22/h4,6-7,9-10,14,16,22-24,29-31,35H,5,8,11-13,15,17H2,1-3H3,(H,32,36)(H,33,38)(H,34,37)/t22-,23-,24-/m0/s1. The molecule has 7 N–H and O–H groups in total. The van der Waals surface area contributed by atoms with Gasteiger partial charge in [0, 0.05) is 25.9 Å². The average Bonchev–Trinajstić information content (AvgIpc) is 2.91. The van der Waals surface area contributed by atoms with Crippen molar-refractivity contribution >= 4 is 17.7 Å². The second kappa shape index (κ2) is 14.5. The molecule has 2 aromatic carbocycles. The quantitative estimate of drug-likeness (QED) is 0.230. The monoisotopic (exact) mass is 524 g/mol. The molecule has 4 bridgehead atoms. The van der Waals surface area contributed by atoms with E-state index in [1.165, 1.54) is 0 Å². The largest absolute Gasteiger partial charge is 0.508 e. The molecule has 0 fully saturated rings. The molecule has 3 amide bonds. The number of amides is 3. The maximum atomic E-state index is 13.5. The zero-order valence-corrected chi connectivity index (χ0v) is 22.4. The van der Waals surface area contributed by atoms with Crippen molar-refractivity contribution in [2.24, 2.45) is 0 Å². The van der Waals surface area contributed by atoms with Gasteiger partial charge in [-0.1, -0.05) is 30.3 Å². The maximum absolute atomic E-state index is 13.5. The molecule has 0 spiro atoms. The van der Waals surface area contributed by atoms with Crippen molar-refractivity contribution in [2.45, 2.75) is 43.8 Å². The van der Waals surface area contributed by atoms with E-state index in [1.807, 2.05) is 43.4 Å². The number of phenolic OH excluding ortho intramolecular Hbond substituents is 1. The summed E-state index contributed by atoms with van der Waals surface area (Å²) in [5.74, 6) is -0.951. The van der Waals surface area contributed by atoms with Crippen molar-refractivity contribution in [1.29, 1.82) is 0 Å². The van der Waals surface area contributed by atoms with Crippen LogP contribution >= 0.6 is 0 Å². The first kappa shape index (κ1) is 29.1. The highest BCUT2D eigenvalue weighted by molar-refractivity contribution is 5.93. The number of carbonyl (C=O) groups is 3. The molecule has 2 aromatic rings. The van der Waals surface area contributed by atoms with Gasteiger partial charge in [-0.25, -0.2) is 0 Å². The summed E-state index contributed by atoms with van der Waals surface area (Å²) in [4.78, 5) is 39.9. The van der Waals surface area contributed by atoms with Gasteiger partial charge in [-0.3, -0.25) is 14.4 Å². The molecule has 10 heteroatoms. The van der Waals surface area contributed by atoms with Crippen LogP contribution in [0.25, 0.3) is 11.1 Å². The zero-order chi connectivity index (χ0) is 27.5. The third kappa shape index (κ3) is 8.01. The Balaban J connectivity index is 2.02. The lowest BCUT2D eigenvalue weighted by Crippen LogP contribution is -2.57. The second-order valence-electron chi connectivity index (χ2n) is 9.56. The van der Waals surface area contributed by atoms with Crippen LogP contribution in [0, 0.1) is 0 Å². The summed E-state index contributed by atoms with van der Waals surface area (Å²) in [6.07, 6.45) is 1.58. The van der Waals surface area contributed by atoms with Gasteiger partial charge >= 0.3 is 0 Å². The third-order valence-electron chi connectivity index (χ3n) is 6.73. The van der Waals surface area contributed by atoms with Gasteiger partial charge in [0.1, 0.15) is 17.8 Å². The number of fused-ring (bicyclic) bond motifs is 5. The Morgan fingerprint density at radius 3 is 2.42 bits per heavy atom. The summed E-state index contributed by atoms with van der Waals surface area (Å²) in [5, 5.41) is 28.3. The molecule has 1 aliphatic heterocycles. The van der Waals surface area contributed by atoms with E-state index in [0.29, 0.717) is 38.0 Å². The van der Waals surface area contributed by atoms with Crippen molar-refractivity contribution in [3.05, 3.63) is 53.6 Å². The summed E-state index contributed by atoms with van der Waals surface area (Å²) < 4.78 is 0. The van der Waals surface area contributed by atoms with Gasteiger partial charge in [0.2, 0.25) is 17.7 Å². The first-order valence-electron chi connectivity index (χ1n) is 13.1. The molecule has 0 unspecified atom stereocenters. The topological polar surface area (TPSA) is 144 Å². The number of hydrogen-bond acceptors (Lipinski definition) is 7. The Hall–Kier alpha value is -3.47. The molecule has 0 aliphatic carbocycles. The highest BCUT2D eigenvalue weighted by atomic mass is 16.3. The van der Waals surface area contributed by atoms with Gasteiger partial charge in [-0.05, 0) is 74.9 Å². The minimum atomic E-state index is -0.823. The summed E-state index contributed by atoms with van der Waals surface area (Å²) in [5.41, 5.74) is 3.30. The Morgan fingerprint density at radius 2 is 1.68 bits per heavy atom. The van der Waals surface area contributed by atoms with Gasteiger partial charge in [0.25, 0.3) is 0 Å². The fraction of sp³-hybridized carbons (Fsp3) is 0.464. The molecule has 10 nitrogen and oxygen atoms in total. The van der Waals surface area contributed by atoms with Crippen LogP contribution in [-0.2, 0) is 27.2 Å². The van der Waals surface area contributed by atoms with Crippen molar-refractivity contribution in [3.8, 4) is 16.9 Å². The van der Waals surface area contributed by atoms with Crippen LogP contribution in [0.2, 0.25) is 0 Å². The minimum Gasteiger partial charge on any atom is -0.508 e. The molecule has 1 heterocycles. The van der Waals surface area contributed by atoms with E-state index in [2.05, 4.69) is 31.9 Å². The predicted molar refractivity (Wildman–Crippen MR) is 148 cm³/mol. The van der Waals surface area contributed by atoms with Crippen LogP contribution in [0.1, 0.15) is 24.0 Å². The number of aromatic hydroxyl groups is 1. The number of carbonyl (C=O) groups excluding carboxylic acids is 3. The fourth-order valence-electron chi connectivity index (χ4n) is 4.53. The van der Waals surface area contributed by atoms with E-state index in [9.17, 15) is 19.5 Å². The third-order valence-corrected chi connectivity index (χ3v) is 6.73. The van der Waals surface area contributed by atoms with Crippen LogP contribution in [-0.4, -0.2) is 81.7 Å². The van der Waals surface area contributed by atoms with Crippen LogP contribution < -0.4 is 31.9 Å². The van der Waals surface area contributed by atoms with Crippen LogP contribution in [0.3, 0.4) is 0 Å². The van der Waals surface area contributed by atoms with Gasteiger partial charge in [0.05, 0.1) is 6.04 Å². The highest BCUT2D eigenvalue weighted by Crippen LogP contribution is 2.28. The van der Waals surface area contributed by atoms with Crippen molar-refractivity contribution in [1.82, 2.24) is 31.9 Å². The molecule has 3 rings (SSSR count). The summed E-state index contributed by atoms with van der Waals surface area (Å²) in [6, 6.07) is 10.8. The Kier molecular flexibility index (Phi) is 11.1. The van der Waals surface area contributed by atoms with E-state index < -0.39 is 24.0 Å². The highest BCUT2D eigenvalue weighted by Gasteiger charge is 2.29. The lowest BCUT2D eigenvalue weighted by Gasteiger charge is -2.25. The summed E-state index contributed by atoms with van der Waals surface area (Å²) in [7, 11) is 5.30. The normalized spacial score (nSPS) is 20.0. The molecule has 0 saturated carbocycles. The molecule has 0 aromatic heterocycles. The van der Waals surface area contributed by atoms with E-state index >= 15 is 0 Å². The van der Waals surface area contributed by atoms with E-state index in [0.717, 1.165) is 16.7 Å². The molecule has 38 heavy (non-hydrogen) atoms. The number of benzene rings is 2. The number of nitrogens with one attached hydrogen (secondary N) is 6. The van der Waals surface area contributed by atoms with Crippen LogP contribution in [0.15, 0.2) is 42.5 Å². The number of phenols is 1. The number of hydrogen-bond donors (Lipinski definition) is 7. The van der Waals surface area contributed by atoms with E-state index in [-0.39, 0.29) is 30.4 Å². The van der Waals surface area contributed by atoms with Crippen molar-refractivity contribution < 1.29 is 19.5 Å². The second-order valence-corrected chi connectivity index (χ2v) is 9.56. The molecule has 0 radical (unpaired) electrons. The van der Waals surface area contributed by atoms with E-state index in [1.54, 1.807) is 20.2 Å². The Labute approximate surface area is 224 Å². The Bertz CT molecular complexity index is 1110. The minimum absolute atomic E-state index is 0.101. The fourth-order valence-corrected chi connectivity index (χ4v) is 4.53. The smallest absolute Gasteiger partial charge is 0.243 e. The molecular formula is C28H40N6O4. The zero-order valence-electron chi connectivity index (χ0n) is 22.4. The summed E-state index contributed by atoms with van der Waals surface area (Å²) >= 11 is 0. The number of likely N-dealkylation sites (N-methyl/N-ethyl adjacent to an activating group) is 2. The first-order valence-corrected chi connectivity index (χ1v) is 13.1. The van der Waals surface area contributed by atoms with Gasteiger partial charge in [-0.15, -0.1) is 0 Å². The van der Waals surface area contributed by atoms with Crippen LogP contribution in [0.5, 0.6) is 5.75 Å². The molecule has 0 saturated heterocycles. The van der Waals surface area contributed by atoms with Crippen LogP contribution in [0.4, 0.5) is 0 Å². The average molecular weight is 525 g/mol.